The number of rotatable bonds is 7. The van der Waals surface area contributed by atoms with E-state index in [-0.39, 0.29) is 18.5 Å². The van der Waals surface area contributed by atoms with Gasteiger partial charge in [-0.2, -0.15) is 16.3 Å². The summed E-state index contributed by atoms with van der Waals surface area (Å²) < 4.78 is 5.10. The molecule has 0 radical (unpaired) electrons. The van der Waals surface area contributed by atoms with Crippen LogP contribution in [0.4, 0.5) is 4.79 Å². The number of carbonyl (C=O) groups excluding carboxylic acids is 1. The molecule has 3 N–H and O–H groups in total. The summed E-state index contributed by atoms with van der Waals surface area (Å²) in [4.78, 5) is 16.0. The number of thiophene rings is 1. The van der Waals surface area contributed by atoms with Gasteiger partial charge in [0.1, 0.15) is 5.60 Å². The van der Waals surface area contributed by atoms with E-state index in [4.69, 9.17) is 4.52 Å². The first-order valence-corrected chi connectivity index (χ1v) is 8.42. The van der Waals surface area contributed by atoms with Gasteiger partial charge in [0.15, 0.2) is 5.82 Å². The molecule has 2 amide bonds. The molecule has 0 aliphatic rings. The van der Waals surface area contributed by atoms with Crippen LogP contribution in [-0.4, -0.2) is 34.4 Å². The monoisotopic (exact) mass is 338 g/mol. The van der Waals surface area contributed by atoms with Crippen LogP contribution in [0.15, 0.2) is 21.3 Å². The second-order valence-corrected chi connectivity index (χ2v) is 6.63. The number of nitrogens with one attached hydrogen (secondary N) is 2. The van der Waals surface area contributed by atoms with E-state index in [1.165, 1.54) is 11.3 Å². The fourth-order valence-corrected chi connectivity index (χ4v) is 2.66. The van der Waals surface area contributed by atoms with Gasteiger partial charge >= 0.3 is 6.03 Å². The van der Waals surface area contributed by atoms with Gasteiger partial charge in [-0.1, -0.05) is 19.0 Å². The second-order valence-electron chi connectivity index (χ2n) is 5.85. The number of nitrogens with zero attached hydrogens (tertiary/aromatic N) is 2. The maximum Gasteiger partial charge on any atom is 0.314 e. The molecule has 1 atom stereocenters. The molecule has 0 fully saturated rings. The minimum absolute atomic E-state index is 0.133. The molecule has 8 heteroatoms. The van der Waals surface area contributed by atoms with E-state index in [1.54, 1.807) is 6.92 Å². The first-order chi connectivity index (χ1) is 10.9. The Labute approximate surface area is 139 Å². The van der Waals surface area contributed by atoms with E-state index >= 15 is 0 Å². The molecule has 23 heavy (non-hydrogen) atoms. The summed E-state index contributed by atoms with van der Waals surface area (Å²) in [6, 6.07) is 1.50. The quantitative estimate of drug-likeness (QED) is 0.717. The molecule has 0 unspecified atom stereocenters. The van der Waals surface area contributed by atoms with Gasteiger partial charge in [0.05, 0.1) is 6.54 Å². The lowest BCUT2D eigenvalue weighted by molar-refractivity contribution is 0.0598. The van der Waals surface area contributed by atoms with Gasteiger partial charge in [0, 0.05) is 18.9 Å². The van der Waals surface area contributed by atoms with E-state index in [9.17, 15) is 9.90 Å². The maximum absolute atomic E-state index is 11.8. The molecule has 0 aliphatic carbocycles. The van der Waals surface area contributed by atoms with E-state index in [2.05, 4.69) is 20.8 Å². The van der Waals surface area contributed by atoms with Gasteiger partial charge < -0.3 is 20.3 Å². The molecule has 126 valence electrons. The third-order valence-corrected chi connectivity index (χ3v) is 4.04. The van der Waals surface area contributed by atoms with Crippen molar-refractivity contribution in [2.75, 3.05) is 13.1 Å². The Hall–Kier alpha value is -1.93. The first-order valence-electron chi connectivity index (χ1n) is 7.47. The minimum atomic E-state index is -1.09. The fraction of sp³-hybridized carbons (Fsp3) is 0.533. The number of urea groups is 1. The van der Waals surface area contributed by atoms with Crippen molar-refractivity contribution < 1.29 is 14.4 Å². The molecule has 7 nitrogen and oxygen atoms in total. The lowest BCUT2D eigenvalue weighted by atomic mass is 9.99. The van der Waals surface area contributed by atoms with Crippen LogP contribution in [0, 0.1) is 0 Å². The molecule has 0 aliphatic heterocycles. The molecule has 2 heterocycles. The predicted octanol–water partition coefficient (Wildman–Crippen LogP) is 2.00. The van der Waals surface area contributed by atoms with E-state index in [0.29, 0.717) is 24.7 Å². The average Bonchev–Trinajstić information content (AvgIpc) is 3.17. The van der Waals surface area contributed by atoms with Crippen LogP contribution in [0.1, 0.15) is 44.0 Å². The van der Waals surface area contributed by atoms with Crippen LogP contribution in [0.3, 0.4) is 0 Å². The van der Waals surface area contributed by atoms with Crippen LogP contribution in [0.5, 0.6) is 0 Å². The Bertz CT molecular complexity index is 622. The van der Waals surface area contributed by atoms with Crippen LogP contribution in [0.2, 0.25) is 0 Å². The van der Waals surface area contributed by atoms with Gasteiger partial charge in [0.25, 0.3) is 0 Å². The van der Waals surface area contributed by atoms with Gasteiger partial charge in [0.2, 0.25) is 5.89 Å². The van der Waals surface area contributed by atoms with E-state index < -0.39 is 5.60 Å². The maximum atomic E-state index is 11.8. The molecule has 0 spiro atoms. The highest BCUT2D eigenvalue weighted by atomic mass is 32.1. The van der Waals surface area contributed by atoms with Crippen molar-refractivity contribution in [2.45, 2.75) is 38.7 Å². The summed E-state index contributed by atoms with van der Waals surface area (Å²) in [7, 11) is 0. The van der Waals surface area contributed by atoms with Crippen LogP contribution in [0.25, 0.3) is 0 Å². The largest absolute Gasteiger partial charge is 0.384 e. The van der Waals surface area contributed by atoms with Crippen molar-refractivity contribution in [3.8, 4) is 0 Å². The Morgan fingerprint density at radius 2 is 2.26 bits per heavy atom. The highest BCUT2D eigenvalue weighted by Crippen LogP contribution is 2.21. The number of hydrogen-bond acceptors (Lipinski definition) is 6. The van der Waals surface area contributed by atoms with Crippen molar-refractivity contribution in [3.05, 3.63) is 34.1 Å². The molecule has 2 aromatic heterocycles. The molecular formula is C15H22N4O3S. The molecule has 0 saturated carbocycles. The summed E-state index contributed by atoms with van der Waals surface area (Å²) in [5.41, 5.74) is -0.300. The van der Waals surface area contributed by atoms with Gasteiger partial charge in [-0.25, -0.2) is 4.79 Å². The number of amides is 2. The number of aliphatic hydroxyl groups is 1. The normalized spacial score (nSPS) is 13.8. The molecule has 2 aromatic rings. The predicted molar refractivity (Wildman–Crippen MR) is 87.4 cm³/mol. The SMILES string of the molecule is CC(C)c1noc(CCNC(=O)NC[C@](C)(O)c2ccsc2)n1. The van der Waals surface area contributed by atoms with Crippen molar-refractivity contribution in [3.63, 3.8) is 0 Å². The standard InChI is InChI=1S/C15H22N4O3S/c1-10(2)13-18-12(22-19-13)4-6-16-14(20)17-9-15(3,21)11-5-7-23-8-11/h5,7-8,10,21H,4,6,9H2,1-3H3,(H2,16,17,20)/t15-/m0/s1. The smallest absolute Gasteiger partial charge is 0.314 e. The number of carbonyl (C=O) groups is 1. The zero-order valence-corrected chi connectivity index (χ0v) is 14.3. The zero-order chi connectivity index (χ0) is 16.9. The average molecular weight is 338 g/mol. The van der Waals surface area contributed by atoms with Crippen molar-refractivity contribution in [1.29, 1.82) is 0 Å². The summed E-state index contributed by atoms with van der Waals surface area (Å²) in [5.74, 6) is 1.37. The third kappa shape index (κ3) is 5.04. The lowest BCUT2D eigenvalue weighted by Crippen LogP contribution is -2.43. The van der Waals surface area contributed by atoms with Crippen LogP contribution < -0.4 is 10.6 Å². The Morgan fingerprint density at radius 1 is 1.48 bits per heavy atom. The van der Waals surface area contributed by atoms with Crippen molar-refractivity contribution >= 4 is 17.4 Å². The third-order valence-electron chi connectivity index (χ3n) is 3.36. The van der Waals surface area contributed by atoms with Crippen LogP contribution >= 0.6 is 11.3 Å². The number of aromatic nitrogens is 2. The Morgan fingerprint density at radius 3 is 2.87 bits per heavy atom. The topological polar surface area (TPSA) is 100 Å². The van der Waals surface area contributed by atoms with E-state index in [1.807, 2.05) is 30.7 Å². The summed E-state index contributed by atoms with van der Waals surface area (Å²) in [6.07, 6.45) is 0.466. The van der Waals surface area contributed by atoms with E-state index in [0.717, 1.165) is 5.56 Å². The molecule has 0 bridgehead atoms. The van der Waals surface area contributed by atoms with Gasteiger partial charge in [-0.15, -0.1) is 0 Å². The van der Waals surface area contributed by atoms with Crippen LogP contribution in [-0.2, 0) is 12.0 Å². The molecular weight excluding hydrogens is 316 g/mol. The summed E-state index contributed by atoms with van der Waals surface area (Å²) in [5, 5.41) is 23.3. The van der Waals surface area contributed by atoms with Crippen molar-refractivity contribution in [2.24, 2.45) is 0 Å². The highest BCUT2D eigenvalue weighted by molar-refractivity contribution is 7.08. The highest BCUT2D eigenvalue weighted by Gasteiger charge is 2.24. The Kier molecular flexibility index (Phi) is 5.73. The lowest BCUT2D eigenvalue weighted by Gasteiger charge is -2.22. The summed E-state index contributed by atoms with van der Waals surface area (Å²) in [6.45, 7) is 6.15. The molecule has 0 aromatic carbocycles. The number of hydrogen-bond donors (Lipinski definition) is 3. The molecule has 0 saturated heterocycles. The fourth-order valence-electron chi connectivity index (χ4n) is 1.87. The van der Waals surface area contributed by atoms with Crippen molar-refractivity contribution in [1.82, 2.24) is 20.8 Å². The first kappa shape index (κ1) is 17.4. The van der Waals surface area contributed by atoms with Gasteiger partial charge in [-0.3, -0.25) is 0 Å². The summed E-state index contributed by atoms with van der Waals surface area (Å²) >= 11 is 1.50. The molecule has 2 rings (SSSR count). The zero-order valence-electron chi connectivity index (χ0n) is 13.5. The minimum Gasteiger partial charge on any atom is -0.384 e. The second kappa shape index (κ2) is 7.56. The van der Waals surface area contributed by atoms with Gasteiger partial charge in [-0.05, 0) is 29.3 Å². The Balaban J connectivity index is 1.71.